The normalized spacial score (nSPS) is 23.1. The fourth-order valence-electron chi connectivity index (χ4n) is 3.18. The van der Waals surface area contributed by atoms with E-state index in [0.29, 0.717) is 6.04 Å². The van der Waals surface area contributed by atoms with Gasteiger partial charge in [-0.15, -0.1) is 0 Å². The fraction of sp³-hybridized carbons (Fsp3) is 0.867. The van der Waals surface area contributed by atoms with E-state index in [1.807, 2.05) is 11.8 Å². The topological polar surface area (TPSA) is 59.4 Å². The van der Waals surface area contributed by atoms with Gasteiger partial charge in [-0.05, 0) is 19.3 Å². The zero-order valence-corrected chi connectivity index (χ0v) is 12.5. The second kappa shape index (κ2) is 7.49. The third-order valence-corrected chi connectivity index (χ3v) is 4.51. The summed E-state index contributed by atoms with van der Waals surface area (Å²) in [5.41, 5.74) is 0. The first kappa shape index (κ1) is 15.1. The maximum atomic E-state index is 12.2. The average Bonchev–Trinajstić information content (AvgIpc) is 2.50. The number of hydrogen-bond donors (Lipinski definition) is 1. The maximum absolute atomic E-state index is 12.2. The minimum Gasteiger partial charge on any atom is -0.335 e. The van der Waals surface area contributed by atoms with Crippen molar-refractivity contribution in [3.63, 3.8) is 0 Å². The van der Waals surface area contributed by atoms with Crippen LogP contribution in [0.1, 0.15) is 45.4 Å². The number of carbonyl (C=O) groups is 1. The summed E-state index contributed by atoms with van der Waals surface area (Å²) in [7, 11) is 0. The standard InChI is InChI=1S/C15H26N4O/c1-2-14(12-16)18-8-10-19(11-9-18)15(20)17-13-6-4-3-5-7-13/h13-14H,2-11H2,1H3,(H,17,20). The molecule has 1 atom stereocenters. The Kier molecular flexibility index (Phi) is 5.66. The van der Waals surface area contributed by atoms with Gasteiger partial charge < -0.3 is 10.2 Å². The van der Waals surface area contributed by atoms with Crippen LogP contribution in [-0.4, -0.2) is 54.1 Å². The fourth-order valence-corrected chi connectivity index (χ4v) is 3.18. The van der Waals surface area contributed by atoms with Gasteiger partial charge in [0.05, 0.1) is 12.1 Å². The SMILES string of the molecule is CCC(C#N)N1CCN(C(=O)NC2CCCCC2)CC1. The van der Waals surface area contributed by atoms with E-state index in [1.165, 1.54) is 19.3 Å². The molecule has 2 amide bonds. The summed E-state index contributed by atoms with van der Waals surface area (Å²) in [4.78, 5) is 16.3. The summed E-state index contributed by atoms with van der Waals surface area (Å²) in [5.74, 6) is 0. The van der Waals surface area contributed by atoms with Crippen molar-refractivity contribution in [3.8, 4) is 6.07 Å². The minimum absolute atomic E-state index is 0.00134. The average molecular weight is 278 g/mol. The monoisotopic (exact) mass is 278 g/mol. The number of rotatable bonds is 3. The van der Waals surface area contributed by atoms with Crippen LogP contribution in [0.5, 0.6) is 0 Å². The Balaban J connectivity index is 1.75. The predicted octanol–water partition coefficient (Wildman–Crippen LogP) is 1.95. The molecule has 1 unspecified atom stereocenters. The number of amides is 2. The lowest BCUT2D eigenvalue weighted by Gasteiger charge is -2.37. The van der Waals surface area contributed by atoms with Crippen LogP contribution < -0.4 is 5.32 Å². The van der Waals surface area contributed by atoms with E-state index in [-0.39, 0.29) is 12.1 Å². The lowest BCUT2D eigenvalue weighted by molar-refractivity contribution is 0.120. The molecule has 0 radical (unpaired) electrons. The third-order valence-electron chi connectivity index (χ3n) is 4.51. The van der Waals surface area contributed by atoms with E-state index in [0.717, 1.165) is 45.4 Å². The quantitative estimate of drug-likeness (QED) is 0.858. The van der Waals surface area contributed by atoms with E-state index in [9.17, 15) is 4.79 Å². The molecule has 5 heteroatoms. The van der Waals surface area contributed by atoms with Crippen molar-refractivity contribution in [2.45, 2.75) is 57.5 Å². The molecule has 1 aliphatic heterocycles. The van der Waals surface area contributed by atoms with Gasteiger partial charge in [-0.3, -0.25) is 4.90 Å². The van der Waals surface area contributed by atoms with Crippen molar-refractivity contribution < 1.29 is 4.79 Å². The summed E-state index contributed by atoms with van der Waals surface area (Å²) < 4.78 is 0. The number of urea groups is 1. The van der Waals surface area contributed by atoms with Crippen molar-refractivity contribution in [3.05, 3.63) is 0 Å². The van der Waals surface area contributed by atoms with Crippen LogP contribution in [0, 0.1) is 11.3 Å². The molecule has 112 valence electrons. The zero-order valence-electron chi connectivity index (χ0n) is 12.5. The Labute approximate surface area is 121 Å². The van der Waals surface area contributed by atoms with Crippen molar-refractivity contribution >= 4 is 6.03 Å². The van der Waals surface area contributed by atoms with Crippen molar-refractivity contribution in [2.75, 3.05) is 26.2 Å². The molecule has 20 heavy (non-hydrogen) atoms. The Morgan fingerprint density at radius 2 is 1.90 bits per heavy atom. The van der Waals surface area contributed by atoms with Crippen LogP contribution in [0.3, 0.4) is 0 Å². The number of nitrogens with zero attached hydrogens (tertiary/aromatic N) is 3. The summed E-state index contributed by atoms with van der Waals surface area (Å²) >= 11 is 0. The first-order valence-corrected chi connectivity index (χ1v) is 7.93. The molecule has 1 heterocycles. The largest absolute Gasteiger partial charge is 0.335 e. The van der Waals surface area contributed by atoms with E-state index in [1.54, 1.807) is 0 Å². The van der Waals surface area contributed by atoms with Gasteiger partial charge in [-0.2, -0.15) is 5.26 Å². The molecular formula is C15H26N4O. The molecule has 0 aromatic rings. The highest BCUT2D eigenvalue weighted by Crippen LogP contribution is 2.18. The Hall–Kier alpha value is -1.28. The van der Waals surface area contributed by atoms with Gasteiger partial charge in [-0.25, -0.2) is 4.79 Å². The highest BCUT2D eigenvalue weighted by molar-refractivity contribution is 5.74. The van der Waals surface area contributed by atoms with Gasteiger partial charge in [0.2, 0.25) is 0 Å². The second-order valence-corrected chi connectivity index (χ2v) is 5.86. The zero-order chi connectivity index (χ0) is 14.4. The van der Waals surface area contributed by atoms with Gasteiger partial charge in [-0.1, -0.05) is 26.2 Å². The molecule has 0 bridgehead atoms. The third kappa shape index (κ3) is 3.86. The smallest absolute Gasteiger partial charge is 0.317 e. The summed E-state index contributed by atoms with van der Waals surface area (Å²) in [5, 5.41) is 12.2. The van der Waals surface area contributed by atoms with Crippen LogP contribution in [0.25, 0.3) is 0 Å². The molecule has 0 aromatic heterocycles. The first-order chi connectivity index (χ1) is 9.74. The molecular weight excluding hydrogens is 252 g/mol. The van der Waals surface area contributed by atoms with Crippen LogP contribution in [0.15, 0.2) is 0 Å². The number of piperazine rings is 1. The van der Waals surface area contributed by atoms with Gasteiger partial charge in [0.15, 0.2) is 0 Å². The van der Waals surface area contributed by atoms with Gasteiger partial charge >= 0.3 is 6.03 Å². The van der Waals surface area contributed by atoms with Crippen LogP contribution >= 0.6 is 0 Å². The maximum Gasteiger partial charge on any atom is 0.317 e. The second-order valence-electron chi connectivity index (χ2n) is 5.86. The number of nitriles is 1. The van der Waals surface area contributed by atoms with Gasteiger partial charge in [0.1, 0.15) is 0 Å². The van der Waals surface area contributed by atoms with Gasteiger partial charge in [0, 0.05) is 32.2 Å². The highest BCUT2D eigenvalue weighted by Gasteiger charge is 2.26. The molecule has 5 nitrogen and oxygen atoms in total. The molecule has 0 aromatic carbocycles. The first-order valence-electron chi connectivity index (χ1n) is 7.93. The number of carbonyl (C=O) groups excluding carboxylic acids is 1. The van der Waals surface area contributed by atoms with E-state index in [4.69, 9.17) is 5.26 Å². The van der Waals surface area contributed by atoms with Crippen LogP contribution in [-0.2, 0) is 0 Å². The van der Waals surface area contributed by atoms with E-state index in [2.05, 4.69) is 16.3 Å². The highest BCUT2D eigenvalue weighted by atomic mass is 16.2. The molecule has 1 N–H and O–H groups in total. The van der Waals surface area contributed by atoms with Gasteiger partial charge in [0.25, 0.3) is 0 Å². The molecule has 2 fully saturated rings. The molecule has 1 saturated carbocycles. The van der Waals surface area contributed by atoms with Crippen LogP contribution in [0.2, 0.25) is 0 Å². The number of hydrogen-bond acceptors (Lipinski definition) is 3. The summed E-state index contributed by atoms with van der Waals surface area (Å²) in [6, 6.07) is 2.79. The van der Waals surface area contributed by atoms with Crippen molar-refractivity contribution in [1.29, 1.82) is 5.26 Å². The van der Waals surface area contributed by atoms with Crippen molar-refractivity contribution in [2.24, 2.45) is 0 Å². The molecule has 2 rings (SSSR count). The predicted molar refractivity (Wildman–Crippen MR) is 78.2 cm³/mol. The summed E-state index contributed by atoms with van der Waals surface area (Å²) in [6.45, 7) is 5.12. The minimum atomic E-state index is -0.00134. The van der Waals surface area contributed by atoms with Crippen LogP contribution in [0.4, 0.5) is 4.79 Å². The van der Waals surface area contributed by atoms with E-state index >= 15 is 0 Å². The Morgan fingerprint density at radius 1 is 1.25 bits per heavy atom. The van der Waals surface area contributed by atoms with E-state index < -0.39 is 0 Å². The Bertz CT molecular complexity index is 351. The molecule has 1 saturated heterocycles. The lowest BCUT2D eigenvalue weighted by Crippen LogP contribution is -2.55. The summed E-state index contributed by atoms with van der Waals surface area (Å²) in [6.07, 6.45) is 6.87. The van der Waals surface area contributed by atoms with Crippen molar-refractivity contribution in [1.82, 2.24) is 15.1 Å². The number of nitrogens with one attached hydrogen (secondary N) is 1. The molecule has 0 spiro atoms. The lowest BCUT2D eigenvalue weighted by atomic mass is 9.96. The molecule has 1 aliphatic carbocycles. The molecule has 2 aliphatic rings. The Morgan fingerprint density at radius 3 is 2.45 bits per heavy atom.